The fourth-order valence-electron chi connectivity index (χ4n) is 3.70. The minimum atomic E-state index is 0.490. The van der Waals surface area contributed by atoms with Gasteiger partial charge in [-0.2, -0.15) is 5.26 Å². The maximum Gasteiger partial charge on any atom is 0.188 e. The van der Waals surface area contributed by atoms with E-state index in [-0.39, 0.29) is 0 Å². The van der Waals surface area contributed by atoms with E-state index in [9.17, 15) is 0 Å². The second kappa shape index (κ2) is 9.21. The molecule has 3 aromatic heterocycles. The number of hydrogen-bond donors (Lipinski definition) is 1. The van der Waals surface area contributed by atoms with Crippen molar-refractivity contribution >= 4 is 22.3 Å². The highest BCUT2D eigenvalue weighted by Crippen LogP contribution is 2.32. The Morgan fingerprint density at radius 2 is 2.10 bits per heavy atom. The highest BCUT2D eigenvalue weighted by atomic mass is 32.1. The van der Waals surface area contributed by atoms with Crippen molar-refractivity contribution < 1.29 is 4.42 Å². The number of hydrogen-bond acceptors (Lipinski definition) is 7. The standard InChI is InChI=1S/C22H25N5OS/c1-2-3-18-4-5-19(28-18)14-27-10-7-17(8-11-27)20-15-29-22(25-20)26-21-12-16(13-23)6-9-24-21/h4-6,9,12,15,17H,2-3,7-8,10-11,14H2,1H3,(H,24,25,26). The van der Waals surface area contributed by atoms with Crippen LogP contribution in [0.3, 0.4) is 0 Å². The number of nitriles is 1. The van der Waals surface area contributed by atoms with Crippen molar-refractivity contribution in [2.24, 2.45) is 0 Å². The lowest BCUT2D eigenvalue weighted by Crippen LogP contribution is -2.32. The van der Waals surface area contributed by atoms with E-state index >= 15 is 0 Å². The van der Waals surface area contributed by atoms with Crippen LogP contribution in [0.1, 0.15) is 54.9 Å². The van der Waals surface area contributed by atoms with Crippen molar-refractivity contribution in [2.75, 3.05) is 18.4 Å². The van der Waals surface area contributed by atoms with Gasteiger partial charge in [-0.3, -0.25) is 4.90 Å². The van der Waals surface area contributed by atoms with Gasteiger partial charge in [-0.25, -0.2) is 9.97 Å². The van der Waals surface area contributed by atoms with Gasteiger partial charge in [0.05, 0.1) is 23.9 Å². The Hall–Kier alpha value is -2.69. The molecule has 7 heteroatoms. The van der Waals surface area contributed by atoms with Gasteiger partial charge in [0.15, 0.2) is 5.13 Å². The van der Waals surface area contributed by atoms with Gasteiger partial charge < -0.3 is 9.73 Å². The molecule has 6 nitrogen and oxygen atoms in total. The summed E-state index contributed by atoms with van der Waals surface area (Å²) in [6, 6.07) is 9.78. The Labute approximate surface area is 175 Å². The molecule has 0 radical (unpaired) electrons. The van der Waals surface area contributed by atoms with Crippen LogP contribution in [0.5, 0.6) is 0 Å². The molecule has 0 saturated carbocycles. The first-order chi connectivity index (χ1) is 14.2. The lowest BCUT2D eigenvalue weighted by molar-refractivity contribution is 0.188. The summed E-state index contributed by atoms with van der Waals surface area (Å²) in [5, 5.41) is 15.2. The van der Waals surface area contributed by atoms with Crippen LogP contribution >= 0.6 is 11.3 Å². The third-order valence-electron chi connectivity index (χ3n) is 5.24. The first-order valence-corrected chi connectivity index (χ1v) is 11.0. The Kier molecular flexibility index (Phi) is 6.23. The van der Waals surface area contributed by atoms with Gasteiger partial charge in [0, 0.05) is 23.9 Å². The van der Waals surface area contributed by atoms with E-state index in [1.165, 1.54) is 0 Å². The van der Waals surface area contributed by atoms with Crippen molar-refractivity contribution in [1.29, 1.82) is 5.26 Å². The Morgan fingerprint density at radius 1 is 1.28 bits per heavy atom. The monoisotopic (exact) mass is 407 g/mol. The number of likely N-dealkylation sites (tertiary alicyclic amines) is 1. The minimum Gasteiger partial charge on any atom is -0.465 e. The molecule has 1 N–H and O–H groups in total. The molecule has 29 heavy (non-hydrogen) atoms. The molecule has 0 bridgehead atoms. The molecular weight excluding hydrogens is 382 g/mol. The number of aryl methyl sites for hydroxylation is 1. The lowest BCUT2D eigenvalue weighted by atomic mass is 9.94. The molecular formula is C22H25N5OS. The molecule has 0 unspecified atom stereocenters. The van der Waals surface area contributed by atoms with E-state index in [2.05, 4.69) is 45.7 Å². The van der Waals surface area contributed by atoms with E-state index in [1.807, 2.05) is 0 Å². The van der Waals surface area contributed by atoms with E-state index in [4.69, 9.17) is 14.7 Å². The van der Waals surface area contributed by atoms with Gasteiger partial charge in [0.25, 0.3) is 0 Å². The number of nitrogens with zero attached hydrogens (tertiary/aromatic N) is 4. The zero-order valence-corrected chi connectivity index (χ0v) is 17.4. The molecule has 0 spiro atoms. The number of pyridine rings is 1. The summed E-state index contributed by atoms with van der Waals surface area (Å²) in [4.78, 5) is 11.5. The number of piperidine rings is 1. The van der Waals surface area contributed by atoms with Crippen molar-refractivity contribution in [1.82, 2.24) is 14.9 Å². The van der Waals surface area contributed by atoms with Crippen LogP contribution in [0, 0.1) is 11.3 Å². The van der Waals surface area contributed by atoms with Crippen LogP contribution in [0.4, 0.5) is 10.9 Å². The van der Waals surface area contributed by atoms with Gasteiger partial charge in [0.2, 0.25) is 0 Å². The van der Waals surface area contributed by atoms with E-state index in [1.54, 1.807) is 29.7 Å². The first kappa shape index (κ1) is 19.6. The van der Waals surface area contributed by atoms with Gasteiger partial charge in [-0.1, -0.05) is 6.92 Å². The summed E-state index contributed by atoms with van der Waals surface area (Å²) in [7, 11) is 0. The number of furan rings is 1. The average molecular weight is 408 g/mol. The number of thiazole rings is 1. The smallest absolute Gasteiger partial charge is 0.188 e. The molecule has 3 aromatic rings. The zero-order chi connectivity index (χ0) is 20.1. The van der Waals surface area contributed by atoms with E-state index < -0.39 is 0 Å². The van der Waals surface area contributed by atoms with Crippen LogP contribution in [-0.4, -0.2) is 28.0 Å². The summed E-state index contributed by atoms with van der Waals surface area (Å²) in [6.45, 7) is 5.18. The van der Waals surface area contributed by atoms with Crippen LogP contribution in [0.15, 0.2) is 40.3 Å². The molecule has 150 valence electrons. The second-order valence-corrected chi connectivity index (χ2v) is 8.27. The van der Waals surface area contributed by atoms with Crippen molar-refractivity contribution in [2.45, 2.75) is 45.1 Å². The molecule has 1 aliphatic heterocycles. The molecule has 1 aliphatic rings. The predicted octanol–water partition coefficient (Wildman–Crippen LogP) is 5.08. The van der Waals surface area contributed by atoms with Crippen LogP contribution in [0.2, 0.25) is 0 Å². The summed E-state index contributed by atoms with van der Waals surface area (Å²) in [5.74, 6) is 3.30. The Balaban J connectivity index is 1.30. The summed E-state index contributed by atoms with van der Waals surface area (Å²) >= 11 is 1.59. The second-order valence-electron chi connectivity index (χ2n) is 7.41. The van der Waals surface area contributed by atoms with Crippen molar-refractivity contribution in [3.8, 4) is 6.07 Å². The minimum absolute atomic E-state index is 0.490. The number of aromatic nitrogens is 2. The van der Waals surface area contributed by atoms with Crippen LogP contribution < -0.4 is 5.32 Å². The van der Waals surface area contributed by atoms with Crippen LogP contribution in [-0.2, 0) is 13.0 Å². The molecule has 1 fully saturated rings. The summed E-state index contributed by atoms with van der Waals surface area (Å²) in [6.07, 6.45) is 5.97. The quantitative estimate of drug-likeness (QED) is 0.588. The third kappa shape index (κ3) is 5.03. The molecule has 1 saturated heterocycles. The van der Waals surface area contributed by atoms with Gasteiger partial charge in [-0.15, -0.1) is 11.3 Å². The number of rotatable bonds is 7. The maximum absolute atomic E-state index is 9.01. The number of nitrogens with one attached hydrogen (secondary N) is 1. The first-order valence-electron chi connectivity index (χ1n) is 10.1. The Bertz CT molecular complexity index is 981. The highest BCUT2D eigenvalue weighted by molar-refractivity contribution is 7.13. The van der Waals surface area contributed by atoms with E-state index in [0.717, 1.165) is 67.7 Å². The van der Waals surface area contributed by atoms with Crippen molar-refractivity contribution in [3.63, 3.8) is 0 Å². The predicted molar refractivity (Wildman–Crippen MR) is 114 cm³/mol. The fraction of sp³-hybridized carbons (Fsp3) is 0.409. The van der Waals surface area contributed by atoms with Gasteiger partial charge in [-0.05, 0) is 56.6 Å². The summed E-state index contributed by atoms with van der Waals surface area (Å²) < 4.78 is 5.93. The molecule has 0 aromatic carbocycles. The molecule has 4 rings (SSSR count). The fourth-order valence-corrected chi connectivity index (χ4v) is 4.50. The van der Waals surface area contributed by atoms with Crippen molar-refractivity contribution in [3.05, 3.63) is 58.6 Å². The van der Waals surface area contributed by atoms with E-state index in [0.29, 0.717) is 17.3 Å². The zero-order valence-electron chi connectivity index (χ0n) is 16.6. The third-order valence-corrected chi connectivity index (χ3v) is 6.02. The molecule has 4 heterocycles. The van der Waals surface area contributed by atoms with Gasteiger partial charge in [0.1, 0.15) is 17.3 Å². The topological polar surface area (TPSA) is 78.0 Å². The lowest BCUT2D eigenvalue weighted by Gasteiger charge is -2.30. The molecule has 0 amide bonds. The molecule has 0 aliphatic carbocycles. The van der Waals surface area contributed by atoms with Gasteiger partial charge >= 0.3 is 0 Å². The Morgan fingerprint density at radius 3 is 2.90 bits per heavy atom. The normalized spacial score (nSPS) is 15.3. The largest absolute Gasteiger partial charge is 0.465 e. The number of anilines is 2. The maximum atomic E-state index is 9.01. The SMILES string of the molecule is CCCc1ccc(CN2CCC(c3csc(Nc4cc(C#N)ccn4)n3)CC2)o1. The van der Waals surface area contributed by atoms with Crippen LogP contribution in [0.25, 0.3) is 0 Å². The average Bonchev–Trinajstić information content (AvgIpc) is 3.39. The molecule has 0 atom stereocenters. The summed E-state index contributed by atoms with van der Waals surface area (Å²) in [5.41, 5.74) is 1.74. The highest BCUT2D eigenvalue weighted by Gasteiger charge is 2.23.